The van der Waals surface area contributed by atoms with E-state index >= 15 is 0 Å². The van der Waals surface area contributed by atoms with E-state index in [9.17, 15) is 22.4 Å². The Kier molecular flexibility index (Phi) is 7.96. The number of ether oxygens (including phenoxy) is 1. The molecule has 0 radical (unpaired) electrons. The van der Waals surface area contributed by atoms with E-state index in [0.717, 1.165) is 17.7 Å². The zero-order chi connectivity index (χ0) is 26.9. The summed E-state index contributed by atoms with van der Waals surface area (Å²) in [5.41, 5.74) is 0.336. The van der Waals surface area contributed by atoms with Crippen molar-refractivity contribution in [1.82, 2.24) is 14.8 Å². The molecule has 1 unspecified atom stereocenters. The number of halogens is 6. The first-order valence-corrected chi connectivity index (χ1v) is 12.0. The van der Waals surface area contributed by atoms with Crippen molar-refractivity contribution in [3.8, 4) is 5.88 Å². The highest BCUT2D eigenvalue weighted by atomic mass is 35.5. The molecule has 0 saturated carbocycles. The fourth-order valence-electron chi connectivity index (χ4n) is 4.60. The predicted molar refractivity (Wildman–Crippen MR) is 133 cm³/mol. The predicted octanol–water partition coefficient (Wildman–Crippen LogP) is 6.30. The lowest BCUT2D eigenvalue weighted by atomic mass is 9.93. The van der Waals surface area contributed by atoms with Crippen LogP contribution in [0.4, 0.5) is 17.6 Å². The SMILES string of the molecule is COc1cc(C(=O)N2CC(N(C)Cc3ccc(C(F)(F)F)c(F)c3)[C@@H](c3ccc(Cl)c(Cl)c3)C2)ccn1. The highest BCUT2D eigenvalue weighted by Gasteiger charge is 2.39. The van der Waals surface area contributed by atoms with Crippen molar-refractivity contribution in [1.29, 1.82) is 0 Å². The third-order valence-corrected chi connectivity index (χ3v) is 7.22. The van der Waals surface area contributed by atoms with Gasteiger partial charge in [-0.15, -0.1) is 0 Å². The zero-order valence-corrected chi connectivity index (χ0v) is 21.4. The van der Waals surface area contributed by atoms with Crippen LogP contribution < -0.4 is 4.74 Å². The van der Waals surface area contributed by atoms with Crippen LogP contribution in [0.1, 0.15) is 33.0 Å². The van der Waals surface area contributed by atoms with E-state index in [1.165, 1.54) is 19.4 Å². The van der Waals surface area contributed by atoms with Gasteiger partial charge in [0.15, 0.2) is 0 Å². The number of carbonyl (C=O) groups is 1. The normalized spacial score (nSPS) is 17.9. The van der Waals surface area contributed by atoms with E-state index in [1.807, 2.05) is 11.0 Å². The lowest BCUT2D eigenvalue weighted by Crippen LogP contribution is -2.38. The molecule has 1 aromatic heterocycles. The van der Waals surface area contributed by atoms with Crippen molar-refractivity contribution < 1.29 is 27.1 Å². The summed E-state index contributed by atoms with van der Waals surface area (Å²) in [6.45, 7) is 0.856. The lowest BCUT2D eigenvalue weighted by molar-refractivity contribution is -0.140. The molecule has 3 aromatic rings. The summed E-state index contributed by atoms with van der Waals surface area (Å²) >= 11 is 12.4. The number of benzene rings is 2. The maximum absolute atomic E-state index is 14.2. The number of carbonyl (C=O) groups excluding carboxylic acids is 1. The Morgan fingerprint density at radius 2 is 1.86 bits per heavy atom. The van der Waals surface area contributed by atoms with Crippen molar-refractivity contribution >= 4 is 29.1 Å². The Bertz CT molecular complexity index is 1310. The number of likely N-dealkylation sites (N-methyl/N-ethyl adjacent to an activating group) is 1. The van der Waals surface area contributed by atoms with Gasteiger partial charge < -0.3 is 9.64 Å². The first-order valence-electron chi connectivity index (χ1n) is 11.3. The molecule has 2 atom stereocenters. The second-order valence-electron chi connectivity index (χ2n) is 8.87. The van der Waals surface area contributed by atoms with Gasteiger partial charge in [-0.2, -0.15) is 13.2 Å². The summed E-state index contributed by atoms with van der Waals surface area (Å²) in [4.78, 5) is 21.0. The molecule has 1 fully saturated rings. The number of hydrogen-bond acceptors (Lipinski definition) is 4. The number of likely N-dealkylation sites (tertiary alicyclic amines) is 1. The van der Waals surface area contributed by atoms with Gasteiger partial charge in [0.25, 0.3) is 5.91 Å². The molecular formula is C26H23Cl2F4N3O2. The standard InChI is InChI=1S/C26H23Cl2F4N3O2/c1-34(12-15-3-5-19(22(29)9-15)26(30,31)32)23-14-35(25(36)17-7-8-33-24(11-17)37-2)13-18(23)16-4-6-20(27)21(28)10-16/h3-11,18,23H,12-14H2,1-2H3/t18-,23?/m1/s1. The summed E-state index contributed by atoms with van der Waals surface area (Å²) in [5.74, 6) is -1.42. The number of amides is 1. The molecule has 37 heavy (non-hydrogen) atoms. The molecule has 0 aliphatic carbocycles. The molecule has 1 amide bonds. The van der Waals surface area contributed by atoms with Gasteiger partial charge in [0, 0.05) is 49.4 Å². The van der Waals surface area contributed by atoms with Crippen LogP contribution in [-0.2, 0) is 12.7 Å². The molecule has 0 bridgehead atoms. The second kappa shape index (κ2) is 10.8. The van der Waals surface area contributed by atoms with Crippen molar-refractivity contribution in [3.63, 3.8) is 0 Å². The van der Waals surface area contributed by atoms with Crippen molar-refractivity contribution in [3.05, 3.63) is 92.8 Å². The van der Waals surface area contributed by atoms with Gasteiger partial charge in [0.05, 0.1) is 22.7 Å². The molecule has 4 rings (SSSR count). The number of nitrogens with zero attached hydrogens (tertiary/aromatic N) is 3. The Morgan fingerprint density at radius 3 is 2.51 bits per heavy atom. The van der Waals surface area contributed by atoms with E-state index in [-0.39, 0.29) is 24.4 Å². The topological polar surface area (TPSA) is 45.7 Å². The van der Waals surface area contributed by atoms with Gasteiger partial charge in [0.1, 0.15) is 5.82 Å². The van der Waals surface area contributed by atoms with Gasteiger partial charge >= 0.3 is 6.18 Å². The van der Waals surface area contributed by atoms with Gasteiger partial charge in [-0.05, 0) is 48.5 Å². The summed E-state index contributed by atoms with van der Waals surface area (Å²) in [7, 11) is 3.25. The zero-order valence-electron chi connectivity index (χ0n) is 19.9. The summed E-state index contributed by atoms with van der Waals surface area (Å²) in [5, 5.41) is 0.763. The average molecular weight is 556 g/mol. The van der Waals surface area contributed by atoms with Crippen LogP contribution in [0.15, 0.2) is 54.7 Å². The van der Waals surface area contributed by atoms with Gasteiger partial charge in [-0.1, -0.05) is 35.3 Å². The molecule has 196 valence electrons. The van der Waals surface area contributed by atoms with Crippen LogP contribution >= 0.6 is 23.2 Å². The Morgan fingerprint density at radius 1 is 1.11 bits per heavy atom. The molecule has 1 aliphatic heterocycles. The van der Waals surface area contributed by atoms with E-state index in [4.69, 9.17) is 27.9 Å². The van der Waals surface area contributed by atoms with E-state index in [0.29, 0.717) is 40.1 Å². The smallest absolute Gasteiger partial charge is 0.419 e. The molecule has 2 aromatic carbocycles. The quantitative estimate of drug-likeness (QED) is 0.335. The number of alkyl halides is 3. The maximum Gasteiger partial charge on any atom is 0.419 e. The number of rotatable bonds is 6. The molecule has 0 N–H and O–H groups in total. The molecule has 5 nitrogen and oxygen atoms in total. The molecule has 0 spiro atoms. The fraction of sp³-hybridized carbons (Fsp3) is 0.308. The van der Waals surface area contributed by atoms with Crippen LogP contribution in [0.5, 0.6) is 5.88 Å². The van der Waals surface area contributed by atoms with Crippen molar-refractivity contribution in [2.75, 3.05) is 27.2 Å². The molecule has 2 heterocycles. The van der Waals surface area contributed by atoms with Crippen molar-refractivity contribution in [2.45, 2.75) is 24.7 Å². The second-order valence-corrected chi connectivity index (χ2v) is 9.69. The first-order chi connectivity index (χ1) is 17.5. The molecule has 11 heteroatoms. The highest BCUT2D eigenvalue weighted by molar-refractivity contribution is 6.42. The fourth-order valence-corrected chi connectivity index (χ4v) is 4.90. The van der Waals surface area contributed by atoms with Crippen LogP contribution in [0.3, 0.4) is 0 Å². The third kappa shape index (κ3) is 6.00. The largest absolute Gasteiger partial charge is 0.481 e. The average Bonchev–Trinajstić information content (AvgIpc) is 3.30. The highest BCUT2D eigenvalue weighted by Crippen LogP contribution is 2.36. The minimum Gasteiger partial charge on any atom is -0.481 e. The monoisotopic (exact) mass is 555 g/mol. The minimum absolute atomic E-state index is 0.169. The van der Waals surface area contributed by atoms with E-state index in [1.54, 1.807) is 36.2 Å². The van der Waals surface area contributed by atoms with Crippen LogP contribution in [0.25, 0.3) is 0 Å². The van der Waals surface area contributed by atoms with Crippen LogP contribution in [0.2, 0.25) is 10.0 Å². The van der Waals surface area contributed by atoms with Gasteiger partial charge in [-0.3, -0.25) is 9.69 Å². The van der Waals surface area contributed by atoms with E-state index < -0.39 is 17.6 Å². The number of aromatic nitrogens is 1. The number of hydrogen-bond donors (Lipinski definition) is 0. The summed E-state index contributed by atoms with van der Waals surface area (Å²) in [6, 6.07) is 11.1. The van der Waals surface area contributed by atoms with Gasteiger partial charge in [-0.25, -0.2) is 9.37 Å². The molecule has 1 saturated heterocycles. The Balaban J connectivity index is 1.61. The third-order valence-electron chi connectivity index (χ3n) is 6.48. The van der Waals surface area contributed by atoms with E-state index in [2.05, 4.69) is 4.98 Å². The Labute approximate surface area is 221 Å². The van der Waals surface area contributed by atoms with Crippen molar-refractivity contribution in [2.24, 2.45) is 0 Å². The number of methoxy groups -OCH3 is 1. The lowest BCUT2D eigenvalue weighted by Gasteiger charge is -2.29. The molecule has 1 aliphatic rings. The number of pyridine rings is 1. The summed E-state index contributed by atoms with van der Waals surface area (Å²) < 4.78 is 58.2. The summed E-state index contributed by atoms with van der Waals surface area (Å²) in [6.07, 6.45) is -3.28. The van der Waals surface area contributed by atoms with Gasteiger partial charge in [0.2, 0.25) is 5.88 Å². The molecular weight excluding hydrogens is 533 g/mol. The maximum atomic E-state index is 14.2. The van der Waals surface area contributed by atoms with Crippen LogP contribution in [0, 0.1) is 5.82 Å². The van der Waals surface area contributed by atoms with Crippen LogP contribution in [-0.4, -0.2) is 54.0 Å². The Hall–Kier alpha value is -2.88. The minimum atomic E-state index is -4.77. The first kappa shape index (κ1) is 27.2.